The monoisotopic (exact) mass is 192 g/mol. The summed E-state index contributed by atoms with van der Waals surface area (Å²) in [6.45, 7) is 0. The maximum Gasteiger partial charge on any atom is 0.282 e. The van der Waals surface area contributed by atoms with Gasteiger partial charge in [-0.2, -0.15) is 0 Å². The highest BCUT2D eigenvalue weighted by molar-refractivity contribution is 5.56. The van der Waals surface area contributed by atoms with Gasteiger partial charge in [0.25, 0.3) is 5.95 Å². The van der Waals surface area contributed by atoms with Crippen LogP contribution in [0.2, 0.25) is 0 Å². The van der Waals surface area contributed by atoms with Crippen molar-refractivity contribution in [2.24, 2.45) is 0 Å². The van der Waals surface area contributed by atoms with Gasteiger partial charge in [0.15, 0.2) is 0 Å². The first-order chi connectivity index (χ1) is 6.85. The zero-order valence-corrected chi connectivity index (χ0v) is 8.19. The molecule has 1 aromatic carbocycles. The lowest BCUT2D eigenvalue weighted by Crippen LogP contribution is -2.12. The number of rotatable bonds is 2. The SMILES string of the molecule is COC1=Cc2ccccc2C(OC)O1. The van der Waals surface area contributed by atoms with Crippen LogP contribution in [-0.2, 0) is 14.2 Å². The molecule has 0 aromatic heterocycles. The van der Waals surface area contributed by atoms with Crippen molar-refractivity contribution in [3.63, 3.8) is 0 Å². The van der Waals surface area contributed by atoms with Gasteiger partial charge in [-0.3, -0.25) is 0 Å². The van der Waals surface area contributed by atoms with E-state index in [0.717, 1.165) is 11.1 Å². The van der Waals surface area contributed by atoms with Crippen LogP contribution in [0, 0.1) is 0 Å². The second kappa shape index (κ2) is 3.72. The van der Waals surface area contributed by atoms with Crippen LogP contribution >= 0.6 is 0 Å². The van der Waals surface area contributed by atoms with Gasteiger partial charge in [-0.15, -0.1) is 0 Å². The summed E-state index contributed by atoms with van der Waals surface area (Å²) in [5.74, 6) is 0.482. The van der Waals surface area contributed by atoms with E-state index in [1.807, 2.05) is 30.3 Å². The zero-order valence-electron chi connectivity index (χ0n) is 8.19. The van der Waals surface area contributed by atoms with Gasteiger partial charge in [0.1, 0.15) is 0 Å². The minimum absolute atomic E-state index is 0.369. The third-order valence-electron chi connectivity index (χ3n) is 2.16. The van der Waals surface area contributed by atoms with Crippen LogP contribution in [-0.4, -0.2) is 14.2 Å². The lowest BCUT2D eigenvalue weighted by molar-refractivity contribution is -0.134. The molecule has 1 aromatic rings. The van der Waals surface area contributed by atoms with E-state index in [2.05, 4.69) is 0 Å². The summed E-state index contributed by atoms with van der Waals surface area (Å²) >= 11 is 0. The highest BCUT2D eigenvalue weighted by Crippen LogP contribution is 2.31. The summed E-state index contributed by atoms with van der Waals surface area (Å²) in [6.07, 6.45) is 1.48. The first-order valence-electron chi connectivity index (χ1n) is 4.39. The van der Waals surface area contributed by atoms with Gasteiger partial charge in [-0.25, -0.2) is 0 Å². The molecule has 0 fully saturated rings. The van der Waals surface area contributed by atoms with Crippen LogP contribution in [0.4, 0.5) is 0 Å². The van der Waals surface area contributed by atoms with Gasteiger partial charge in [-0.1, -0.05) is 24.3 Å². The van der Waals surface area contributed by atoms with E-state index in [-0.39, 0.29) is 6.29 Å². The fourth-order valence-corrected chi connectivity index (χ4v) is 1.47. The van der Waals surface area contributed by atoms with E-state index in [9.17, 15) is 0 Å². The van der Waals surface area contributed by atoms with Crippen LogP contribution in [0.3, 0.4) is 0 Å². The highest BCUT2D eigenvalue weighted by atomic mass is 16.7. The fourth-order valence-electron chi connectivity index (χ4n) is 1.47. The van der Waals surface area contributed by atoms with Crippen LogP contribution in [0.25, 0.3) is 6.08 Å². The molecule has 0 N–H and O–H groups in total. The molecule has 0 radical (unpaired) electrons. The number of fused-ring (bicyclic) bond motifs is 1. The molecule has 3 nitrogen and oxygen atoms in total. The first kappa shape index (κ1) is 9.09. The molecule has 0 saturated heterocycles. The van der Waals surface area contributed by atoms with Crippen molar-refractivity contribution in [3.8, 4) is 0 Å². The predicted octanol–water partition coefficient (Wildman–Crippen LogP) is 2.31. The van der Waals surface area contributed by atoms with E-state index in [1.165, 1.54) is 0 Å². The van der Waals surface area contributed by atoms with Crippen molar-refractivity contribution in [2.75, 3.05) is 14.2 Å². The molecule has 0 bridgehead atoms. The van der Waals surface area contributed by atoms with Gasteiger partial charge < -0.3 is 14.2 Å². The number of benzene rings is 1. The molecule has 0 saturated carbocycles. The molecule has 1 atom stereocenters. The van der Waals surface area contributed by atoms with Crippen LogP contribution < -0.4 is 0 Å². The topological polar surface area (TPSA) is 27.7 Å². The first-order valence-corrected chi connectivity index (χ1v) is 4.39. The summed E-state index contributed by atoms with van der Waals surface area (Å²) in [5, 5.41) is 0. The molecule has 0 amide bonds. The number of hydrogen-bond donors (Lipinski definition) is 0. The molecule has 1 aliphatic rings. The Kier molecular flexibility index (Phi) is 2.41. The smallest absolute Gasteiger partial charge is 0.282 e. The van der Waals surface area contributed by atoms with Crippen molar-refractivity contribution in [3.05, 3.63) is 41.3 Å². The Morgan fingerprint density at radius 2 is 2.00 bits per heavy atom. The number of methoxy groups -OCH3 is 2. The maximum atomic E-state index is 5.43. The van der Waals surface area contributed by atoms with Gasteiger partial charge in [-0.05, 0) is 5.56 Å². The lowest BCUT2D eigenvalue weighted by Gasteiger charge is -2.24. The third kappa shape index (κ3) is 1.46. The van der Waals surface area contributed by atoms with Gasteiger partial charge in [0.2, 0.25) is 6.29 Å². The standard InChI is InChI=1S/C11H12O3/c1-12-10-7-8-5-3-4-6-9(8)11(13-2)14-10/h3-7,11H,1-2H3. The van der Waals surface area contributed by atoms with Crippen molar-refractivity contribution < 1.29 is 14.2 Å². The second-order valence-electron chi connectivity index (χ2n) is 2.98. The summed E-state index contributed by atoms with van der Waals surface area (Å²) in [6, 6.07) is 7.91. The summed E-state index contributed by atoms with van der Waals surface area (Å²) in [5.41, 5.74) is 2.10. The van der Waals surface area contributed by atoms with E-state index < -0.39 is 0 Å². The molecular weight excluding hydrogens is 180 g/mol. The Labute approximate surface area is 82.9 Å². The Morgan fingerprint density at radius 3 is 2.71 bits per heavy atom. The molecule has 0 spiro atoms. The van der Waals surface area contributed by atoms with E-state index in [0.29, 0.717) is 5.95 Å². The average molecular weight is 192 g/mol. The molecule has 1 heterocycles. The Hall–Kier alpha value is -1.48. The predicted molar refractivity (Wildman–Crippen MR) is 52.3 cm³/mol. The van der Waals surface area contributed by atoms with Crippen molar-refractivity contribution >= 4 is 6.08 Å². The lowest BCUT2D eigenvalue weighted by atomic mass is 10.1. The molecule has 0 aliphatic carbocycles. The van der Waals surface area contributed by atoms with Crippen molar-refractivity contribution in [1.82, 2.24) is 0 Å². The Balaban J connectivity index is 2.43. The molecular formula is C11H12O3. The molecule has 74 valence electrons. The quantitative estimate of drug-likeness (QED) is 0.719. The number of ether oxygens (including phenoxy) is 3. The molecule has 3 heteroatoms. The summed E-state index contributed by atoms with van der Waals surface area (Å²) in [7, 11) is 3.19. The largest absolute Gasteiger partial charge is 0.469 e. The molecule has 1 unspecified atom stereocenters. The summed E-state index contributed by atoms with van der Waals surface area (Å²) in [4.78, 5) is 0. The molecule has 1 aliphatic heterocycles. The average Bonchev–Trinajstić information content (AvgIpc) is 2.27. The van der Waals surface area contributed by atoms with Crippen LogP contribution in [0.1, 0.15) is 17.4 Å². The van der Waals surface area contributed by atoms with E-state index in [4.69, 9.17) is 14.2 Å². The highest BCUT2D eigenvalue weighted by Gasteiger charge is 2.21. The Bertz CT molecular complexity index is 357. The van der Waals surface area contributed by atoms with E-state index >= 15 is 0 Å². The molecule has 2 rings (SSSR count). The van der Waals surface area contributed by atoms with Crippen molar-refractivity contribution in [1.29, 1.82) is 0 Å². The summed E-state index contributed by atoms with van der Waals surface area (Å²) < 4.78 is 15.7. The van der Waals surface area contributed by atoms with E-state index in [1.54, 1.807) is 14.2 Å². The third-order valence-corrected chi connectivity index (χ3v) is 2.16. The van der Waals surface area contributed by atoms with Crippen molar-refractivity contribution in [2.45, 2.75) is 6.29 Å². The maximum absolute atomic E-state index is 5.43. The fraction of sp³-hybridized carbons (Fsp3) is 0.273. The normalized spacial score (nSPS) is 19.3. The second-order valence-corrected chi connectivity index (χ2v) is 2.98. The zero-order chi connectivity index (χ0) is 9.97. The van der Waals surface area contributed by atoms with Crippen LogP contribution in [0.15, 0.2) is 30.2 Å². The van der Waals surface area contributed by atoms with Gasteiger partial charge in [0, 0.05) is 18.7 Å². The molecule has 14 heavy (non-hydrogen) atoms. The van der Waals surface area contributed by atoms with Crippen LogP contribution in [0.5, 0.6) is 0 Å². The van der Waals surface area contributed by atoms with Gasteiger partial charge >= 0.3 is 0 Å². The minimum atomic E-state index is -0.369. The Morgan fingerprint density at radius 1 is 1.21 bits per heavy atom. The minimum Gasteiger partial charge on any atom is -0.469 e. The number of hydrogen-bond acceptors (Lipinski definition) is 3. The van der Waals surface area contributed by atoms with Gasteiger partial charge in [0.05, 0.1) is 7.11 Å².